The van der Waals surface area contributed by atoms with Crippen molar-refractivity contribution in [1.29, 1.82) is 0 Å². The first-order chi connectivity index (χ1) is 7.86. The van der Waals surface area contributed by atoms with Crippen LogP contribution in [0.15, 0.2) is 0 Å². The van der Waals surface area contributed by atoms with Crippen molar-refractivity contribution in [3.05, 3.63) is 0 Å². The second-order valence-electron chi connectivity index (χ2n) is 6.68. The van der Waals surface area contributed by atoms with Gasteiger partial charge in [-0.1, -0.05) is 19.3 Å². The first-order valence-corrected chi connectivity index (χ1v) is 7.51. The third-order valence-electron chi connectivity index (χ3n) is 5.77. The summed E-state index contributed by atoms with van der Waals surface area (Å²) < 4.78 is 0. The van der Waals surface area contributed by atoms with Crippen LogP contribution >= 0.6 is 0 Å². The minimum atomic E-state index is 1.00. The van der Waals surface area contributed by atoms with E-state index in [2.05, 4.69) is 12.4 Å². The molecule has 0 radical (unpaired) electrons. The molecule has 3 rings (SSSR count). The molecule has 3 fully saturated rings. The second kappa shape index (κ2) is 4.68. The molecular weight excluding hydrogens is 194 g/mol. The summed E-state index contributed by atoms with van der Waals surface area (Å²) in [6.45, 7) is 1.27. The lowest BCUT2D eigenvalue weighted by Crippen LogP contribution is -2.24. The summed E-state index contributed by atoms with van der Waals surface area (Å²) in [6.07, 6.45) is 12.4. The molecule has 92 valence electrons. The van der Waals surface area contributed by atoms with E-state index in [0.717, 1.165) is 29.6 Å². The molecule has 0 aromatic carbocycles. The average molecular weight is 221 g/mol. The Morgan fingerprint density at radius 2 is 1.81 bits per heavy atom. The molecule has 2 bridgehead atoms. The number of rotatable bonds is 4. The lowest BCUT2D eigenvalue weighted by molar-refractivity contribution is 0.235. The SMILES string of the molecule is CNCC1CCCC1CC1CC2CCC1C2. The maximum absolute atomic E-state index is 3.40. The molecule has 5 atom stereocenters. The lowest BCUT2D eigenvalue weighted by atomic mass is 9.79. The van der Waals surface area contributed by atoms with Crippen LogP contribution in [0.2, 0.25) is 0 Å². The van der Waals surface area contributed by atoms with Gasteiger partial charge in [-0.05, 0) is 75.3 Å². The molecule has 5 unspecified atom stereocenters. The Morgan fingerprint density at radius 1 is 0.938 bits per heavy atom. The molecule has 3 aliphatic rings. The van der Waals surface area contributed by atoms with Crippen LogP contribution < -0.4 is 5.32 Å². The van der Waals surface area contributed by atoms with Gasteiger partial charge in [-0.3, -0.25) is 0 Å². The summed E-state index contributed by atoms with van der Waals surface area (Å²) >= 11 is 0. The third kappa shape index (κ3) is 2.03. The largest absolute Gasteiger partial charge is 0.319 e. The molecule has 0 aromatic rings. The van der Waals surface area contributed by atoms with Crippen molar-refractivity contribution in [2.75, 3.05) is 13.6 Å². The maximum atomic E-state index is 3.40. The summed E-state index contributed by atoms with van der Waals surface area (Å²) in [5.41, 5.74) is 0. The van der Waals surface area contributed by atoms with Crippen LogP contribution in [0.3, 0.4) is 0 Å². The zero-order valence-electron chi connectivity index (χ0n) is 10.8. The van der Waals surface area contributed by atoms with Crippen molar-refractivity contribution in [1.82, 2.24) is 5.32 Å². The molecule has 3 saturated carbocycles. The fraction of sp³-hybridized carbons (Fsp3) is 1.00. The molecule has 3 aliphatic carbocycles. The Morgan fingerprint density at radius 3 is 2.50 bits per heavy atom. The normalized spacial score (nSPS) is 46.7. The van der Waals surface area contributed by atoms with Crippen LogP contribution in [-0.2, 0) is 0 Å². The number of hydrogen-bond acceptors (Lipinski definition) is 1. The molecule has 1 nitrogen and oxygen atoms in total. The fourth-order valence-corrected chi connectivity index (χ4v) is 5.01. The minimum Gasteiger partial charge on any atom is -0.319 e. The van der Waals surface area contributed by atoms with Gasteiger partial charge in [0.15, 0.2) is 0 Å². The molecule has 0 aliphatic heterocycles. The summed E-state index contributed by atoms with van der Waals surface area (Å²) in [5.74, 6) is 5.47. The molecule has 0 amide bonds. The van der Waals surface area contributed by atoms with E-state index in [1.54, 1.807) is 32.1 Å². The van der Waals surface area contributed by atoms with Crippen molar-refractivity contribution in [2.45, 2.75) is 51.4 Å². The topological polar surface area (TPSA) is 12.0 Å². The molecule has 1 N–H and O–H groups in total. The smallest absolute Gasteiger partial charge is 0.00209 e. The predicted molar refractivity (Wildman–Crippen MR) is 68.3 cm³/mol. The van der Waals surface area contributed by atoms with Crippen molar-refractivity contribution in [3.8, 4) is 0 Å². The van der Waals surface area contributed by atoms with Crippen molar-refractivity contribution >= 4 is 0 Å². The van der Waals surface area contributed by atoms with Gasteiger partial charge in [-0.15, -0.1) is 0 Å². The van der Waals surface area contributed by atoms with Crippen LogP contribution in [0.5, 0.6) is 0 Å². The molecule has 0 saturated heterocycles. The maximum Gasteiger partial charge on any atom is -0.00209 e. The molecule has 1 heteroatoms. The predicted octanol–water partition coefficient (Wildman–Crippen LogP) is 3.45. The molecule has 0 aromatic heterocycles. The molecular formula is C15H27N. The van der Waals surface area contributed by atoms with Crippen molar-refractivity contribution in [3.63, 3.8) is 0 Å². The Hall–Kier alpha value is -0.0400. The van der Waals surface area contributed by atoms with Gasteiger partial charge in [0.25, 0.3) is 0 Å². The Balaban J connectivity index is 1.54. The summed E-state index contributed by atoms with van der Waals surface area (Å²) in [4.78, 5) is 0. The van der Waals surface area contributed by atoms with E-state index >= 15 is 0 Å². The first kappa shape index (κ1) is 11.1. The number of hydrogen-bond donors (Lipinski definition) is 1. The average Bonchev–Trinajstić information content (AvgIpc) is 2.96. The van der Waals surface area contributed by atoms with Gasteiger partial charge in [-0.2, -0.15) is 0 Å². The van der Waals surface area contributed by atoms with Crippen molar-refractivity contribution < 1.29 is 0 Å². The second-order valence-corrected chi connectivity index (χ2v) is 6.68. The Bertz CT molecular complexity index is 238. The van der Waals surface area contributed by atoms with E-state index in [1.165, 1.54) is 25.8 Å². The Kier molecular flexibility index (Phi) is 3.24. The van der Waals surface area contributed by atoms with E-state index in [0.29, 0.717) is 0 Å². The molecule has 0 spiro atoms. The number of nitrogens with one attached hydrogen (secondary N) is 1. The lowest BCUT2D eigenvalue weighted by Gasteiger charge is -2.27. The summed E-state index contributed by atoms with van der Waals surface area (Å²) in [7, 11) is 2.12. The van der Waals surface area contributed by atoms with E-state index in [4.69, 9.17) is 0 Å². The summed E-state index contributed by atoms with van der Waals surface area (Å²) in [5, 5.41) is 3.40. The van der Waals surface area contributed by atoms with Gasteiger partial charge in [-0.25, -0.2) is 0 Å². The fourth-order valence-electron chi connectivity index (χ4n) is 5.01. The van der Waals surface area contributed by atoms with E-state index in [9.17, 15) is 0 Å². The Labute approximate surface area is 100 Å². The highest BCUT2D eigenvalue weighted by molar-refractivity contribution is 4.92. The molecule has 16 heavy (non-hydrogen) atoms. The van der Waals surface area contributed by atoms with Crippen molar-refractivity contribution in [2.24, 2.45) is 29.6 Å². The highest BCUT2D eigenvalue weighted by Gasteiger charge is 2.41. The van der Waals surface area contributed by atoms with Crippen LogP contribution in [0.4, 0.5) is 0 Å². The number of fused-ring (bicyclic) bond motifs is 2. The van der Waals surface area contributed by atoms with Gasteiger partial charge >= 0.3 is 0 Å². The van der Waals surface area contributed by atoms with Gasteiger partial charge in [0.1, 0.15) is 0 Å². The highest BCUT2D eigenvalue weighted by Crippen LogP contribution is 2.52. The zero-order valence-corrected chi connectivity index (χ0v) is 10.8. The highest BCUT2D eigenvalue weighted by atomic mass is 14.8. The third-order valence-corrected chi connectivity index (χ3v) is 5.77. The van der Waals surface area contributed by atoms with Gasteiger partial charge in [0.2, 0.25) is 0 Å². The molecule has 0 heterocycles. The van der Waals surface area contributed by atoms with E-state index in [-0.39, 0.29) is 0 Å². The standard InChI is InChI=1S/C15H27N/c1-16-10-14-4-2-3-12(14)9-15-8-11-5-6-13(15)7-11/h11-16H,2-10H2,1H3. The van der Waals surface area contributed by atoms with Crippen LogP contribution in [0.25, 0.3) is 0 Å². The van der Waals surface area contributed by atoms with E-state index < -0.39 is 0 Å². The summed E-state index contributed by atoms with van der Waals surface area (Å²) in [6, 6.07) is 0. The van der Waals surface area contributed by atoms with Gasteiger partial charge in [0.05, 0.1) is 0 Å². The van der Waals surface area contributed by atoms with Crippen LogP contribution in [0.1, 0.15) is 51.4 Å². The quantitative estimate of drug-likeness (QED) is 0.766. The monoisotopic (exact) mass is 221 g/mol. The minimum absolute atomic E-state index is 1.00. The van der Waals surface area contributed by atoms with Crippen LogP contribution in [0, 0.1) is 29.6 Å². The van der Waals surface area contributed by atoms with E-state index in [1.807, 2.05) is 0 Å². The van der Waals surface area contributed by atoms with Crippen LogP contribution in [-0.4, -0.2) is 13.6 Å². The van der Waals surface area contributed by atoms with Gasteiger partial charge < -0.3 is 5.32 Å². The zero-order chi connectivity index (χ0) is 11.0. The van der Waals surface area contributed by atoms with Gasteiger partial charge in [0, 0.05) is 0 Å². The first-order valence-electron chi connectivity index (χ1n) is 7.51.